The van der Waals surface area contributed by atoms with E-state index in [9.17, 15) is 19.1 Å². The molecule has 2 heterocycles. The Bertz CT molecular complexity index is 1030. The number of amides is 1. The predicted octanol–water partition coefficient (Wildman–Crippen LogP) is 3.30. The molecule has 27 heavy (non-hydrogen) atoms. The van der Waals surface area contributed by atoms with Gasteiger partial charge in [0.2, 0.25) is 5.13 Å². The molecule has 1 fully saturated rings. The van der Waals surface area contributed by atoms with Crippen LogP contribution in [0.5, 0.6) is 0 Å². The molecule has 0 saturated carbocycles. The molecule has 8 heteroatoms. The third-order valence-corrected chi connectivity index (χ3v) is 4.92. The summed E-state index contributed by atoms with van der Waals surface area (Å²) in [4.78, 5) is 26.6. The lowest BCUT2D eigenvalue weighted by Crippen LogP contribution is -2.29. The third kappa shape index (κ3) is 2.89. The summed E-state index contributed by atoms with van der Waals surface area (Å²) < 4.78 is 13.4. The molecule has 1 amide bonds. The average molecular weight is 381 g/mol. The van der Waals surface area contributed by atoms with E-state index in [0.29, 0.717) is 11.1 Å². The Morgan fingerprint density at radius 3 is 2.41 bits per heavy atom. The van der Waals surface area contributed by atoms with E-state index in [1.54, 1.807) is 30.3 Å². The second kappa shape index (κ2) is 6.73. The maximum Gasteiger partial charge on any atom is 0.301 e. The summed E-state index contributed by atoms with van der Waals surface area (Å²) in [5.74, 6) is -2.40. The van der Waals surface area contributed by atoms with Gasteiger partial charge in [-0.25, -0.2) is 4.39 Å². The van der Waals surface area contributed by atoms with Crippen LogP contribution in [0, 0.1) is 5.82 Å². The minimum Gasteiger partial charge on any atom is -0.507 e. The molecule has 0 radical (unpaired) electrons. The van der Waals surface area contributed by atoms with Crippen molar-refractivity contribution in [2.75, 3.05) is 4.90 Å². The second-order valence-electron chi connectivity index (χ2n) is 5.81. The van der Waals surface area contributed by atoms with Crippen molar-refractivity contribution in [2.45, 2.75) is 6.04 Å². The van der Waals surface area contributed by atoms with Gasteiger partial charge in [-0.1, -0.05) is 53.8 Å². The lowest BCUT2D eigenvalue weighted by atomic mass is 9.95. The van der Waals surface area contributed by atoms with Gasteiger partial charge in [0.05, 0.1) is 11.6 Å². The smallest absolute Gasteiger partial charge is 0.301 e. The molecule has 134 valence electrons. The fourth-order valence-electron chi connectivity index (χ4n) is 3.01. The number of carbonyl (C=O) groups excluding carboxylic acids is 2. The number of aromatic nitrogens is 2. The van der Waals surface area contributed by atoms with Gasteiger partial charge in [-0.05, 0) is 17.7 Å². The molecule has 1 aromatic heterocycles. The van der Waals surface area contributed by atoms with Crippen molar-refractivity contribution in [2.24, 2.45) is 0 Å². The van der Waals surface area contributed by atoms with Crippen LogP contribution >= 0.6 is 11.3 Å². The number of nitrogens with zero attached hydrogens (tertiary/aromatic N) is 3. The first-order valence-electron chi connectivity index (χ1n) is 7.96. The van der Waals surface area contributed by atoms with Crippen molar-refractivity contribution < 1.29 is 19.1 Å². The Balaban J connectivity index is 1.94. The Labute approximate surface area is 157 Å². The van der Waals surface area contributed by atoms with Crippen LogP contribution < -0.4 is 4.90 Å². The molecule has 1 aliphatic heterocycles. The zero-order valence-corrected chi connectivity index (χ0v) is 14.6. The summed E-state index contributed by atoms with van der Waals surface area (Å²) in [6, 6.07) is 12.9. The number of anilines is 1. The molecule has 0 aliphatic carbocycles. The standard InChI is InChI=1S/C19H12FN3O3S/c20-13-8-6-11(7-9-13)15-14(16(24)12-4-2-1-3-5-12)17(25)18(26)23(15)19-22-21-10-27-19/h1-10,15,24H/t15-/m0/s1. The number of rotatable bonds is 3. The van der Waals surface area contributed by atoms with Gasteiger partial charge in [0.15, 0.2) is 0 Å². The van der Waals surface area contributed by atoms with Crippen molar-refractivity contribution >= 4 is 33.9 Å². The van der Waals surface area contributed by atoms with Crippen molar-refractivity contribution in [1.82, 2.24) is 10.2 Å². The summed E-state index contributed by atoms with van der Waals surface area (Å²) in [5, 5.41) is 18.6. The van der Waals surface area contributed by atoms with E-state index in [1.807, 2.05) is 0 Å². The number of ketones is 1. The van der Waals surface area contributed by atoms with Gasteiger partial charge in [0, 0.05) is 5.56 Å². The van der Waals surface area contributed by atoms with Crippen LogP contribution in [0.2, 0.25) is 0 Å². The van der Waals surface area contributed by atoms with Gasteiger partial charge < -0.3 is 5.11 Å². The van der Waals surface area contributed by atoms with Gasteiger partial charge in [0.1, 0.15) is 17.1 Å². The third-order valence-electron chi connectivity index (χ3n) is 4.23. The predicted molar refractivity (Wildman–Crippen MR) is 97.5 cm³/mol. The number of benzene rings is 2. The highest BCUT2D eigenvalue weighted by Crippen LogP contribution is 2.42. The molecule has 6 nitrogen and oxygen atoms in total. The number of hydrogen-bond donors (Lipinski definition) is 1. The Morgan fingerprint density at radius 2 is 1.78 bits per heavy atom. The molecule has 0 spiro atoms. The maximum absolute atomic E-state index is 13.4. The van der Waals surface area contributed by atoms with Crippen LogP contribution in [0.3, 0.4) is 0 Å². The van der Waals surface area contributed by atoms with Gasteiger partial charge in [-0.3, -0.25) is 14.5 Å². The van der Waals surface area contributed by atoms with Gasteiger partial charge >= 0.3 is 5.91 Å². The SMILES string of the molecule is O=C1C(=O)N(c2nncs2)[C@@H](c2ccc(F)cc2)C1=C(O)c1ccccc1. The lowest BCUT2D eigenvalue weighted by Gasteiger charge is -2.22. The molecule has 1 aliphatic rings. The first-order chi connectivity index (χ1) is 13.1. The first-order valence-corrected chi connectivity index (χ1v) is 8.84. The quantitative estimate of drug-likeness (QED) is 0.428. The first kappa shape index (κ1) is 17.0. The van der Waals surface area contributed by atoms with Crippen molar-refractivity contribution in [1.29, 1.82) is 0 Å². The van der Waals surface area contributed by atoms with Crippen LogP contribution in [0.4, 0.5) is 9.52 Å². The number of aliphatic hydroxyl groups is 1. The lowest BCUT2D eigenvalue weighted by molar-refractivity contribution is -0.132. The minimum absolute atomic E-state index is 0.0759. The van der Waals surface area contributed by atoms with Crippen LogP contribution in [0.1, 0.15) is 17.2 Å². The summed E-state index contributed by atoms with van der Waals surface area (Å²) >= 11 is 1.09. The van der Waals surface area contributed by atoms with Crippen molar-refractivity contribution in [3.63, 3.8) is 0 Å². The van der Waals surface area contributed by atoms with E-state index < -0.39 is 23.5 Å². The van der Waals surface area contributed by atoms with Crippen molar-refractivity contribution in [3.05, 3.63) is 82.6 Å². The highest BCUT2D eigenvalue weighted by molar-refractivity contribution is 7.13. The summed E-state index contributed by atoms with van der Waals surface area (Å²) in [6.07, 6.45) is 0. The van der Waals surface area contributed by atoms with Crippen LogP contribution in [0.25, 0.3) is 5.76 Å². The number of carbonyl (C=O) groups is 2. The molecular formula is C19H12FN3O3S. The number of Topliss-reactive ketones (excluding diaryl/α,β-unsaturated/α-hetero) is 1. The maximum atomic E-state index is 13.4. The van der Waals surface area contributed by atoms with Gasteiger partial charge in [-0.15, -0.1) is 10.2 Å². The monoisotopic (exact) mass is 381 g/mol. The van der Waals surface area contributed by atoms with E-state index >= 15 is 0 Å². The fourth-order valence-corrected chi connectivity index (χ4v) is 3.60. The molecule has 1 saturated heterocycles. The summed E-state index contributed by atoms with van der Waals surface area (Å²) in [6.45, 7) is 0. The zero-order valence-electron chi connectivity index (χ0n) is 13.7. The molecule has 3 aromatic rings. The van der Waals surface area contributed by atoms with Gasteiger partial charge in [0.25, 0.3) is 5.78 Å². The van der Waals surface area contributed by atoms with Crippen LogP contribution in [-0.2, 0) is 9.59 Å². The second-order valence-corrected chi connectivity index (χ2v) is 6.62. The molecule has 1 N–H and O–H groups in total. The molecule has 0 unspecified atom stereocenters. The number of hydrogen-bond acceptors (Lipinski definition) is 6. The zero-order chi connectivity index (χ0) is 19.0. The van der Waals surface area contributed by atoms with Crippen LogP contribution in [0.15, 0.2) is 65.7 Å². The topological polar surface area (TPSA) is 83.4 Å². The Morgan fingerprint density at radius 1 is 1.07 bits per heavy atom. The van der Waals surface area contributed by atoms with Crippen molar-refractivity contribution in [3.8, 4) is 0 Å². The van der Waals surface area contributed by atoms with E-state index in [-0.39, 0.29) is 16.5 Å². The Kier molecular flexibility index (Phi) is 4.25. The highest BCUT2D eigenvalue weighted by atomic mass is 32.1. The summed E-state index contributed by atoms with van der Waals surface area (Å²) in [5.41, 5.74) is 2.24. The van der Waals surface area contributed by atoms with Crippen LogP contribution in [-0.4, -0.2) is 27.0 Å². The molecule has 0 bridgehead atoms. The molecule has 1 atom stereocenters. The van der Waals surface area contributed by atoms with Gasteiger partial charge in [-0.2, -0.15) is 0 Å². The normalized spacial score (nSPS) is 18.9. The number of halogens is 1. The number of aliphatic hydroxyl groups excluding tert-OH is 1. The Hall–Kier alpha value is -3.39. The van der Waals surface area contributed by atoms with E-state index in [4.69, 9.17) is 0 Å². The average Bonchev–Trinajstić information content (AvgIpc) is 3.30. The van der Waals surface area contributed by atoms with E-state index in [1.165, 1.54) is 34.7 Å². The molecule has 4 rings (SSSR count). The summed E-state index contributed by atoms with van der Waals surface area (Å²) in [7, 11) is 0. The molecule has 2 aromatic carbocycles. The molecular weight excluding hydrogens is 369 g/mol. The largest absolute Gasteiger partial charge is 0.507 e. The minimum atomic E-state index is -0.932. The van der Waals surface area contributed by atoms with E-state index in [0.717, 1.165) is 11.3 Å². The highest BCUT2D eigenvalue weighted by Gasteiger charge is 2.48. The van der Waals surface area contributed by atoms with E-state index in [2.05, 4.69) is 10.2 Å². The fraction of sp³-hybridized carbons (Fsp3) is 0.0526.